The lowest BCUT2D eigenvalue weighted by Gasteiger charge is -2.25. The van der Waals surface area contributed by atoms with Gasteiger partial charge >= 0.3 is 0 Å². The van der Waals surface area contributed by atoms with Gasteiger partial charge in [-0.25, -0.2) is 0 Å². The summed E-state index contributed by atoms with van der Waals surface area (Å²) in [5.74, 6) is 1.16. The maximum absolute atomic E-state index is 5.63. The van der Waals surface area contributed by atoms with Crippen LogP contribution in [0.25, 0.3) is 0 Å². The summed E-state index contributed by atoms with van der Waals surface area (Å²) in [5.41, 5.74) is 1.92. The Balaban J connectivity index is 2.32. The molecule has 0 fully saturated rings. The molecule has 0 bridgehead atoms. The molecule has 4 heteroatoms. The minimum absolute atomic E-state index is 0.336. The predicted octanol–water partition coefficient (Wildman–Crippen LogP) is 1.86. The highest BCUT2D eigenvalue weighted by Crippen LogP contribution is 2.28. The second-order valence-electron chi connectivity index (χ2n) is 2.90. The molecule has 0 saturated heterocycles. The van der Waals surface area contributed by atoms with E-state index in [9.17, 15) is 0 Å². The van der Waals surface area contributed by atoms with Crippen molar-refractivity contribution in [1.29, 1.82) is 0 Å². The van der Waals surface area contributed by atoms with Crippen LogP contribution in [0.15, 0.2) is 12.3 Å². The van der Waals surface area contributed by atoms with Crippen LogP contribution in [0.2, 0.25) is 0 Å². The molecule has 2 heterocycles. The molecule has 0 saturated carbocycles. The molecule has 1 aromatic heterocycles. The van der Waals surface area contributed by atoms with Crippen molar-refractivity contribution in [1.82, 2.24) is 4.98 Å². The monoisotopic (exact) mass is 199 g/mol. The van der Waals surface area contributed by atoms with Crippen LogP contribution >= 0.6 is 11.6 Å². The maximum atomic E-state index is 5.63. The highest BCUT2D eigenvalue weighted by atomic mass is 35.5. The fourth-order valence-electron chi connectivity index (χ4n) is 1.30. The second-order valence-corrected chi connectivity index (χ2v) is 3.21. The van der Waals surface area contributed by atoms with Crippen molar-refractivity contribution in [3.05, 3.63) is 23.5 Å². The van der Waals surface area contributed by atoms with Gasteiger partial charge in [-0.3, -0.25) is 4.98 Å². The molecule has 70 valence electrons. The highest BCUT2D eigenvalue weighted by Gasteiger charge is 2.20. The lowest BCUT2D eigenvalue weighted by molar-refractivity contribution is -0.0926. The molecular weight excluding hydrogens is 190 g/mol. The van der Waals surface area contributed by atoms with Crippen LogP contribution in [0.1, 0.15) is 11.3 Å². The van der Waals surface area contributed by atoms with Gasteiger partial charge < -0.3 is 9.47 Å². The van der Waals surface area contributed by atoms with E-state index in [1.54, 1.807) is 6.20 Å². The van der Waals surface area contributed by atoms with Gasteiger partial charge in [-0.2, -0.15) is 0 Å². The molecule has 0 aliphatic carbocycles. The zero-order valence-corrected chi connectivity index (χ0v) is 8.04. The summed E-state index contributed by atoms with van der Waals surface area (Å²) in [6.45, 7) is 2.46. The van der Waals surface area contributed by atoms with Gasteiger partial charge in [0.15, 0.2) is 0 Å². The Morgan fingerprint density at radius 2 is 2.54 bits per heavy atom. The van der Waals surface area contributed by atoms with Gasteiger partial charge in [-0.05, 0) is 13.0 Å². The number of nitrogens with zero attached hydrogens (tertiary/aromatic N) is 1. The summed E-state index contributed by atoms with van der Waals surface area (Å²) in [7, 11) is 0. The van der Waals surface area contributed by atoms with E-state index in [0.717, 1.165) is 17.0 Å². The first-order chi connectivity index (χ1) is 6.31. The van der Waals surface area contributed by atoms with E-state index in [2.05, 4.69) is 4.98 Å². The number of hydrogen-bond acceptors (Lipinski definition) is 3. The highest BCUT2D eigenvalue weighted by molar-refractivity contribution is 6.18. The molecule has 1 atom stereocenters. The van der Waals surface area contributed by atoms with Crippen LogP contribution in [0.4, 0.5) is 0 Å². The molecule has 1 aromatic rings. The molecule has 0 aromatic carbocycles. The van der Waals surface area contributed by atoms with Crippen molar-refractivity contribution in [3.63, 3.8) is 0 Å². The lowest BCUT2D eigenvalue weighted by atomic mass is 10.2. The smallest absolute Gasteiger partial charge is 0.213 e. The van der Waals surface area contributed by atoms with Crippen molar-refractivity contribution in [2.24, 2.45) is 0 Å². The zero-order valence-electron chi connectivity index (χ0n) is 7.29. The van der Waals surface area contributed by atoms with E-state index in [0.29, 0.717) is 12.5 Å². The van der Waals surface area contributed by atoms with Crippen LogP contribution in [0.3, 0.4) is 0 Å². The third-order valence-electron chi connectivity index (χ3n) is 1.96. The van der Waals surface area contributed by atoms with E-state index >= 15 is 0 Å². The Labute approximate surface area is 81.6 Å². The van der Waals surface area contributed by atoms with Crippen LogP contribution in [-0.2, 0) is 11.3 Å². The van der Waals surface area contributed by atoms with E-state index in [1.807, 2.05) is 13.0 Å². The number of aromatic nitrogens is 1. The summed E-state index contributed by atoms with van der Waals surface area (Å²) in [6.07, 6.45) is 1.42. The van der Waals surface area contributed by atoms with Gasteiger partial charge in [0.1, 0.15) is 5.75 Å². The minimum Gasteiger partial charge on any atom is -0.461 e. The number of pyridine rings is 1. The summed E-state index contributed by atoms with van der Waals surface area (Å²) in [4.78, 5) is 4.14. The van der Waals surface area contributed by atoms with Gasteiger partial charge in [-0.1, -0.05) is 0 Å². The Morgan fingerprint density at radius 3 is 3.31 bits per heavy atom. The standard InChI is InChI=1S/C9H10ClNO2/c1-6-9-7(2-3-11-6)5-12-8(4-10)13-9/h2-3,8H,4-5H2,1H3. The van der Waals surface area contributed by atoms with E-state index in [4.69, 9.17) is 21.1 Å². The third-order valence-corrected chi connectivity index (χ3v) is 2.22. The predicted molar refractivity (Wildman–Crippen MR) is 48.9 cm³/mol. The van der Waals surface area contributed by atoms with E-state index in [-0.39, 0.29) is 6.29 Å². The minimum atomic E-state index is -0.336. The molecule has 0 amide bonds. The van der Waals surface area contributed by atoms with Gasteiger partial charge in [0.2, 0.25) is 6.29 Å². The van der Waals surface area contributed by atoms with Crippen molar-refractivity contribution in [2.45, 2.75) is 19.8 Å². The first-order valence-electron chi connectivity index (χ1n) is 4.10. The fraction of sp³-hybridized carbons (Fsp3) is 0.444. The first kappa shape index (κ1) is 8.78. The molecule has 1 aliphatic rings. The lowest BCUT2D eigenvalue weighted by Crippen LogP contribution is -2.27. The molecule has 1 unspecified atom stereocenters. The number of aryl methyl sites for hydroxylation is 1. The normalized spacial score (nSPS) is 20.6. The Morgan fingerprint density at radius 1 is 1.69 bits per heavy atom. The molecular formula is C9H10ClNO2. The molecule has 0 radical (unpaired) electrons. The van der Waals surface area contributed by atoms with Crippen LogP contribution in [0.5, 0.6) is 5.75 Å². The summed E-state index contributed by atoms with van der Waals surface area (Å²) in [5, 5.41) is 0. The summed E-state index contributed by atoms with van der Waals surface area (Å²) < 4.78 is 10.8. The van der Waals surface area contributed by atoms with Crippen molar-refractivity contribution in [2.75, 3.05) is 5.88 Å². The van der Waals surface area contributed by atoms with Crippen LogP contribution in [0, 0.1) is 6.92 Å². The quantitative estimate of drug-likeness (QED) is 0.647. The number of rotatable bonds is 1. The Kier molecular flexibility index (Phi) is 2.38. The number of fused-ring (bicyclic) bond motifs is 1. The number of hydrogen-bond donors (Lipinski definition) is 0. The molecule has 1 aliphatic heterocycles. The van der Waals surface area contributed by atoms with Gasteiger partial charge in [0.05, 0.1) is 18.2 Å². The molecule has 3 nitrogen and oxygen atoms in total. The van der Waals surface area contributed by atoms with Crippen LogP contribution in [-0.4, -0.2) is 17.2 Å². The van der Waals surface area contributed by atoms with Crippen molar-refractivity contribution < 1.29 is 9.47 Å². The molecule has 0 spiro atoms. The Bertz CT molecular complexity index is 316. The fourth-order valence-corrected chi connectivity index (χ4v) is 1.46. The topological polar surface area (TPSA) is 31.4 Å². The first-order valence-corrected chi connectivity index (χ1v) is 4.63. The molecule has 13 heavy (non-hydrogen) atoms. The SMILES string of the molecule is Cc1nccc2c1OC(CCl)OC2. The van der Waals surface area contributed by atoms with Crippen molar-refractivity contribution in [3.8, 4) is 5.75 Å². The van der Waals surface area contributed by atoms with Crippen molar-refractivity contribution >= 4 is 11.6 Å². The molecule has 0 N–H and O–H groups in total. The number of alkyl halides is 1. The van der Waals surface area contributed by atoms with Gasteiger partial charge in [0.25, 0.3) is 0 Å². The van der Waals surface area contributed by atoms with Gasteiger partial charge in [0, 0.05) is 11.8 Å². The number of ether oxygens (including phenoxy) is 2. The maximum Gasteiger partial charge on any atom is 0.213 e. The Hall–Kier alpha value is -0.800. The third kappa shape index (κ3) is 1.62. The van der Waals surface area contributed by atoms with E-state index < -0.39 is 0 Å². The average molecular weight is 200 g/mol. The zero-order chi connectivity index (χ0) is 9.26. The summed E-state index contributed by atoms with van der Waals surface area (Å²) >= 11 is 5.63. The summed E-state index contributed by atoms with van der Waals surface area (Å²) in [6, 6.07) is 1.90. The van der Waals surface area contributed by atoms with E-state index in [1.165, 1.54) is 0 Å². The number of halogens is 1. The second kappa shape index (κ2) is 3.52. The molecule has 2 rings (SSSR count). The average Bonchev–Trinajstić information content (AvgIpc) is 2.18. The van der Waals surface area contributed by atoms with Crippen LogP contribution < -0.4 is 4.74 Å². The van der Waals surface area contributed by atoms with Gasteiger partial charge in [-0.15, -0.1) is 11.6 Å². The largest absolute Gasteiger partial charge is 0.461 e.